The summed E-state index contributed by atoms with van der Waals surface area (Å²) in [4.78, 5) is 11.2. The van der Waals surface area contributed by atoms with Crippen LogP contribution >= 0.6 is 0 Å². The minimum atomic E-state index is 0.000958. The third kappa shape index (κ3) is 3.06. The molecule has 26 heavy (non-hydrogen) atoms. The first-order chi connectivity index (χ1) is 12.8. The fourth-order valence-corrected chi connectivity index (χ4v) is 3.53. The first kappa shape index (κ1) is 16.3. The molecule has 0 atom stereocenters. The van der Waals surface area contributed by atoms with Crippen molar-refractivity contribution in [3.8, 4) is 28.0 Å². The van der Waals surface area contributed by atoms with E-state index in [0.717, 1.165) is 12.2 Å². The van der Waals surface area contributed by atoms with E-state index in [2.05, 4.69) is 61.2 Å². The van der Waals surface area contributed by atoms with Crippen molar-refractivity contribution in [2.24, 2.45) is 0 Å². The van der Waals surface area contributed by atoms with Crippen LogP contribution in [0.3, 0.4) is 0 Å². The zero-order valence-electron chi connectivity index (χ0n) is 14.6. The highest BCUT2D eigenvalue weighted by atomic mass is 16.5. The summed E-state index contributed by atoms with van der Waals surface area (Å²) in [6.07, 6.45) is 2.67. The van der Waals surface area contributed by atoms with Crippen LogP contribution in [0.2, 0.25) is 0 Å². The molecule has 4 rings (SSSR count). The Bertz CT molecular complexity index is 968. The molecule has 0 fully saturated rings. The number of allylic oxidation sites excluding steroid dienone is 1. The van der Waals surface area contributed by atoms with E-state index in [4.69, 9.17) is 4.74 Å². The van der Waals surface area contributed by atoms with E-state index in [9.17, 15) is 4.79 Å². The van der Waals surface area contributed by atoms with Crippen LogP contribution in [-0.2, 0) is 11.2 Å². The summed E-state index contributed by atoms with van der Waals surface area (Å²) >= 11 is 0. The van der Waals surface area contributed by atoms with Gasteiger partial charge in [0.15, 0.2) is 5.78 Å². The second kappa shape index (κ2) is 7.01. The Balaban J connectivity index is 1.56. The number of rotatable bonds is 6. The standard InChI is InChI=1S/C24H20O2/c1-2-19(25)14-15-26-20-12-10-17(11-13-20)21-8-5-9-23-22-7-4-3-6-18(22)16-24(21)23/h2-13H,1,14-16H2. The van der Waals surface area contributed by atoms with Gasteiger partial charge in [-0.15, -0.1) is 0 Å². The van der Waals surface area contributed by atoms with Crippen LogP contribution in [0.4, 0.5) is 0 Å². The number of carbonyl (C=O) groups is 1. The van der Waals surface area contributed by atoms with Crippen molar-refractivity contribution in [2.45, 2.75) is 12.8 Å². The van der Waals surface area contributed by atoms with E-state index in [1.807, 2.05) is 12.1 Å². The van der Waals surface area contributed by atoms with Crippen LogP contribution in [0.5, 0.6) is 5.75 Å². The van der Waals surface area contributed by atoms with Crippen molar-refractivity contribution < 1.29 is 9.53 Å². The molecule has 0 heterocycles. The Kier molecular flexibility index (Phi) is 4.40. The first-order valence-corrected chi connectivity index (χ1v) is 8.85. The first-order valence-electron chi connectivity index (χ1n) is 8.85. The van der Waals surface area contributed by atoms with Crippen molar-refractivity contribution in [2.75, 3.05) is 6.61 Å². The fraction of sp³-hybridized carbons (Fsp3) is 0.125. The molecule has 128 valence electrons. The van der Waals surface area contributed by atoms with E-state index >= 15 is 0 Å². The second-order valence-corrected chi connectivity index (χ2v) is 6.46. The topological polar surface area (TPSA) is 26.3 Å². The maximum Gasteiger partial charge on any atom is 0.158 e. The van der Waals surface area contributed by atoms with Gasteiger partial charge in [-0.25, -0.2) is 0 Å². The Morgan fingerprint density at radius 1 is 0.923 bits per heavy atom. The largest absolute Gasteiger partial charge is 0.493 e. The Morgan fingerprint density at radius 3 is 2.46 bits per heavy atom. The van der Waals surface area contributed by atoms with Gasteiger partial charge >= 0.3 is 0 Å². The molecule has 0 bridgehead atoms. The number of ketones is 1. The lowest BCUT2D eigenvalue weighted by molar-refractivity contribution is -0.115. The fourth-order valence-electron chi connectivity index (χ4n) is 3.53. The number of hydrogen-bond acceptors (Lipinski definition) is 2. The Labute approximate surface area is 153 Å². The van der Waals surface area contributed by atoms with Gasteiger partial charge in [0.05, 0.1) is 6.61 Å². The lowest BCUT2D eigenvalue weighted by Gasteiger charge is -2.10. The van der Waals surface area contributed by atoms with Crippen molar-refractivity contribution >= 4 is 5.78 Å². The molecule has 2 heteroatoms. The molecule has 0 radical (unpaired) electrons. The van der Waals surface area contributed by atoms with Gasteiger partial charge in [0.1, 0.15) is 5.75 Å². The molecule has 0 aromatic heterocycles. The second-order valence-electron chi connectivity index (χ2n) is 6.46. The number of benzene rings is 3. The number of hydrogen-bond donors (Lipinski definition) is 0. The molecular weight excluding hydrogens is 320 g/mol. The van der Waals surface area contributed by atoms with Gasteiger partial charge in [-0.05, 0) is 58.0 Å². The molecular formula is C24H20O2. The molecule has 1 aliphatic carbocycles. The van der Waals surface area contributed by atoms with Crippen LogP contribution in [0.15, 0.2) is 79.4 Å². The van der Waals surface area contributed by atoms with Gasteiger partial charge < -0.3 is 4.74 Å². The highest BCUT2D eigenvalue weighted by Gasteiger charge is 2.20. The summed E-state index contributed by atoms with van der Waals surface area (Å²) in [6.45, 7) is 3.85. The van der Waals surface area contributed by atoms with Gasteiger partial charge in [-0.2, -0.15) is 0 Å². The maximum atomic E-state index is 11.2. The van der Waals surface area contributed by atoms with E-state index in [1.165, 1.54) is 39.5 Å². The predicted octanol–water partition coefficient (Wildman–Crippen LogP) is 5.45. The summed E-state index contributed by atoms with van der Waals surface area (Å²) in [6, 6.07) is 23.2. The summed E-state index contributed by atoms with van der Waals surface area (Å²) in [7, 11) is 0. The molecule has 1 aliphatic rings. The molecule has 3 aromatic carbocycles. The highest BCUT2D eigenvalue weighted by molar-refractivity contribution is 5.89. The molecule has 2 nitrogen and oxygen atoms in total. The SMILES string of the molecule is C=CC(=O)CCOc1ccc(-c2cccc3c2Cc2ccccc2-3)cc1. The Hall–Kier alpha value is -3.13. The zero-order chi connectivity index (χ0) is 17.9. The van der Waals surface area contributed by atoms with Crippen molar-refractivity contribution in [3.63, 3.8) is 0 Å². The van der Waals surface area contributed by atoms with Crippen LogP contribution in [0.25, 0.3) is 22.3 Å². The average Bonchev–Trinajstić information content (AvgIpc) is 3.07. The maximum absolute atomic E-state index is 11.2. The zero-order valence-corrected chi connectivity index (χ0v) is 14.6. The molecule has 0 saturated carbocycles. The van der Waals surface area contributed by atoms with E-state index in [-0.39, 0.29) is 5.78 Å². The summed E-state index contributed by atoms with van der Waals surface area (Å²) < 4.78 is 5.64. The lowest BCUT2D eigenvalue weighted by Crippen LogP contribution is -2.03. The molecule has 3 aromatic rings. The van der Waals surface area contributed by atoms with E-state index < -0.39 is 0 Å². The number of ether oxygens (including phenoxy) is 1. The smallest absolute Gasteiger partial charge is 0.158 e. The molecule has 0 N–H and O–H groups in total. The highest BCUT2D eigenvalue weighted by Crippen LogP contribution is 2.41. The Morgan fingerprint density at radius 2 is 1.65 bits per heavy atom. The van der Waals surface area contributed by atoms with Crippen LogP contribution < -0.4 is 4.74 Å². The minimum absolute atomic E-state index is 0.000958. The minimum Gasteiger partial charge on any atom is -0.493 e. The van der Waals surface area contributed by atoms with Crippen molar-refractivity contribution in [1.82, 2.24) is 0 Å². The lowest BCUT2D eigenvalue weighted by atomic mass is 9.96. The van der Waals surface area contributed by atoms with Crippen LogP contribution in [-0.4, -0.2) is 12.4 Å². The average molecular weight is 340 g/mol. The van der Waals surface area contributed by atoms with Gasteiger partial charge in [-0.3, -0.25) is 4.79 Å². The van der Waals surface area contributed by atoms with Crippen molar-refractivity contribution in [3.05, 3.63) is 90.5 Å². The predicted molar refractivity (Wildman–Crippen MR) is 105 cm³/mol. The summed E-state index contributed by atoms with van der Waals surface area (Å²) in [5.74, 6) is 0.780. The molecule has 0 amide bonds. The molecule has 0 saturated heterocycles. The van der Waals surface area contributed by atoms with E-state index in [0.29, 0.717) is 13.0 Å². The van der Waals surface area contributed by atoms with Crippen molar-refractivity contribution in [1.29, 1.82) is 0 Å². The molecule has 0 spiro atoms. The van der Waals surface area contributed by atoms with Gasteiger partial charge in [0.25, 0.3) is 0 Å². The number of fused-ring (bicyclic) bond motifs is 3. The van der Waals surface area contributed by atoms with Gasteiger partial charge in [-0.1, -0.05) is 61.2 Å². The van der Waals surface area contributed by atoms with E-state index in [1.54, 1.807) is 0 Å². The summed E-state index contributed by atoms with van der Waals surface area (Å²) in [5, 5.41) is 0. The molecule has 0 unspecified atom stereocenters. The third-order valence-corrected chi connectivity index (χ3v) is 4.86. The van der Waals surface area contributed by atoms with Gasteiger partial charge in [0, 0.05) is 6.42 Å². The monoisotopic (exact) mass is 340 g/mol. The number of carbonyl (C=O) groups excluding carboxylic acids is 1. The van der Waals surface area contributed by atoms with Gasteiger partial charge in [0.2, 0.25) is 0 Å². The van der Waals surface area contributed by atoms with Crippen LogP contribution in [0, 0.1) is 0 Å². The molecule has 0 aliphatic heterocycles. The third-order valence-electron chi connectivity index (χ3n) is 4.86. The normalized spacial score (nSPS) is 11.5. The summed E-state index contributed by atoms with van der Waals surface area (Å²) in [5.41, 5.74) is 7.91. The van der Waals surface area contributed by atoms with Crippen LogP contribution in [0.1, 0.15) is 17.5 Å². The quantitative estimate of drug-likeness (QED) is 0.436.